The molecule has 0 unspecified atom stereocenters. The van der Waals surface area contributed by atoms with Gasteiger partial charge < -0.3 is 5.32 Å². The van der Waals surface area contributed by atoms with Gasteiger partial charge in [0.1, 0.15) is 0 Å². The maximum absolute atomic E-state index is 12.7. The van der Waals surface area contributed by atoms with Crippen molar-refractivity contribution in [3.63, 3.8) is 0 Å². The number of hydrogen-bond donors (Lipinski definition) is 1. The first-order valence-corrected chi connectivity index (χ1v) is 11.2. The molecule has 0 spiro atoms. The molecule has 1 N–H and O–H groups in total. The number of carbonyl (C=O) groups excluding carboxylic acids is 1. The summed E-state index contributed by atoms with van der Waals surface area (Å²) >= 11 is 3.41. The molecule has 5 nitrogen and oxygen atoms in total. The highest BCUT2D eigenvalue weighted by atomic mass is 79.9. The van der Waals surface area contributed by atoms with Gasteiger partial charge in [-0.3, -0.25) is 4.79 Å². The number of nitrogens with zero attached hydrogens (tertiary/aromatic N) is 1. The van der Waals surface area contributed by atoms with Crippen molar-refractivity contribution in [3.05, 3.63) is 64.6 Å². The SMILES string of the molecule is C[C@@H](NC(=O)C1CCN(S(=O)(=O)c2ccccc2)CC1)c1ccc(Br)cc1. The number of halogens is 1. The molecule has 7 heteroatoms. The largest absolute Gasteiger partial charge is 0.349 e. The summed E-state index contributed by atoms with van der Waals surface area (Å²) in [5.41, 5.74) is 1.04. The van der Waals surface area contributed by atoms with Crippen molar-refractivity contribution in [3.8, 4) is 0 Å². The van der Waals surface area contributed by atoms with Gasteiger partial charge in [0.2, 0.25) is 15.9 Å². The van der Waals surface area contributed by atoms with Crippen molar-refractivity contribution in [1.29, 1.82) is 0 Å². The van der Waals surface area contributed by atoms with Gasteiger partial charge in [-0.1, -0.05) is 46.3 Å². The molecule has 1 saturated heterocycles. The predicted molar refractivity (Wildman–Crippen MR) is 109 cm³/mol. The van der Waals surface area contributed by atoms with Gasteiger partial charge in [0.05, 0.1) is 10.9 Å². The summed E-state index contributed by atoms with van der Waals surface area (Å²) in [5.74, 6) is -0.174. The molecule has 0 saturated carbocycles. The van der Waals surface area contributed by atoms with E-state index in [1.165, 1.54) is 4.31 Å². The number of rotatable bonds is 5. The molecule has 1 aliphatic heterocycles. The van der Waals surface area contributed by atoms with Crippen LogP contribution in [0.2, 0.25) is 0 Å². The van der Waals surface area contributed by atoms with Crippen LogP contribution in [0.1, 0.15) is 31.4 Å². The normalized spacial score (nSPS) is 17.4. The fourth-order valence-electron chi connectivity index (χ4n) is 3.27. The zero-order valence-corrected chi connectivity index (χ0v) is 17.5. The summed E-state index contributed by atoms with van der Waals surface area (Å²) in [6, 6.07) is 16.2. The van der Waals surface area contributed by atoms with Crippen molar-refractivity contribution < 1.29 is 13.2 Å². The Hall–Kier alpha value is -1.70. The Morgan fingerprint density at radius 1 is 1.07 bits per heavy atom. The van der Waals surface area contributed by atoms with Crippen LogP contribution >= 0.6 is 15.9 Å². The number of benzene rings is 2. The molecule has 1 amide bonds. The Kier molecular flexibility index (Phi) is 6.34. The van der Waals surface area contributed by atoms with E-state index in [2.05, 4.69) is 21.2 Å². The van der Waals surface area contributed by atoms with Crippen molar-refractivity contribution in [2.24, 2.45) is 5.92 Å². The Morgan fingerprint density at radius 2 is 1.67 bits per heavy atom. The first-order chi connectivity index (χ1) is 12.9. The van der Waals surface area contributed by atoms with E-state index in [0.29, 0.717) is 30.8 Å². The van der Waals surface area contributed by atoms with Crippen LogP contribution in [0, 0.1) is 5.92 Å². The van der Waals surface area contributed by atoms with E-state index in [1.807, 2.05) is 31.2 Å². The van der Waals surface area contributed by atoms with Gasteiger partial charge in [0.25, 0.3) is 0 Å². The standard InChI is InChI=1S/C20H23BrN2O3S/c1-15(16-7-9-18(21)10-8-16)22-20(24)17-11-13-23(14-12-17)27(25,26)19-5-3-2-4-6-19/h2-10,15,17H,11-14H2,1H3,(H,22,24)/t15-/m1/s1. The van der Waals surface area contributed by atoms with E-state index in [9.17, 15) is 13.2 Å². The molecule has 1 fully saturated rings. The third kappa shape index (κ3) is 4.78. The zero-order chi connectivity index (χ0) is 19.4. The van der Waals surface area contributed by atoms with Crippen LogP contribution < -0.4 is 5.32 Å². The average Bonchev–Trinajstić information content (AvgIpc) is 2.69. The highest BCUT2D eigenvalue weighted by molar-refractivity contribution is 9.10. The lowest BCUT2D eigenvalue weighted by molar-refractivity contribution is -0.126. The lowest BCUT2D eigenvalue weighted by atomic mass is 9.96. The monoisotopic (exact) mass is 450 g/mol. The Morgan fingerprint density at radius 3 is 2.26 bits per heavy atom. The first kappa shape index (κ1) is 20.0. The number of nitrogens with one attached hydrogen (secondary N) is 1. The predicted octanol–water partition coefficient (Wildman–Crippen LogP) is 3.73. The van der Waals surface area contributed by atoms with E-state index < -0.39 is 10.0 Å². The molecule has 2 aromatic carbocycles. The molecule has 2 aromatic rings. The Bertz CT molecular complexity index is 877. The van der Waals surface area contributed by atoms with Crippen LogP contribution in [0.15, 0.2) is 64.0 Å². The van der Waals surface area contributed by atoms with Gasteiger partial charge in [-0.15, -0.1) is 0 Å². The molecule has 0 radical (unpaired) electrons. The summed E-state index contributed by atoms with van der Waals surface area (Å²) in [6.45, 7) is 2.68. The second-order valence-electron chi connectivity index (χ2n) is 6.77. The van der Waals surface area contributed by atoms with E-state index in [1.54, 1.807) is 30.3 Å². The fraction of sp³-hybridized carbons (Fsp3) is 0.350. The zero-order valence-electron chi connectivity index (χ0n) is 15.1. The van der Waals surface area contributed by atoms with Gasteiger partial charge in [-0.25, -0.2) is 8.42 Å². The van der Waals surface area contributed by atoms with E-state index in [-0.39, 0.29) is 17.9 Å². The van der Waals surface area contributed by atoms with Crippen LogP contribution in [0.3, 0.4) is 0 Å². The second-order valence-corrected chi connectivity index (χ2v) is 9.63. The maximum atomic E-state index is 12.7. The molecular formula is C20H23BrN2O3S. The second kappa shape index (κ2) is 8.54. The van der Waals surface area contributed by atoms with Crippen LogP contribution in [-0.4, -0.2) is 31.7 Å². The van der Waals surface area contributed by atoms with Crippen molar-refractivity contribution in [2.45, 2.75) is 30.7 Å². The third-order valence-corrected chi connectivity index (χ3v) is 7.38. The molecule has 144 valence electrons. The third-order valence-electron chi connectivity index (χ3n) is 4.93. The molecule has 1 heterocycles. The van der Waals surface area contributed by atoms with Crippen molar-refractivity contribution in [1.82, 2.24) is 9.62 Å². The van der Waals surface area contributed by atoms with Crippen LogP contribution in [0.4, 0.5) is 0 Å². The van der Waals surface area contributed by atoms with Crippen molar-refractivity contribution >= 4 is 31.9 Å². The van der Waals surface area contributed by atoms with Crippen LogP contribution in [0.25, 0.3) is 0 Å². The molecule has 1 aliphatic rings. The lowest BCUT2D eigenvalue weighted by Gasteiger charge is -2.31. The molecule has 0 aromatic heterocycles. The first-order valence-electron chi connectivity index (χ1n) is 8.99. The minimum Gasteiger partial charge on any atom is -0.349 e. The molecule has 0 aliphatic carbocycles. The lowest BCUT2D eigenvalue weighted by Crippen LogP contribution is -2.43. The topological polar surface area (TPSA) is 66.5 Å². The van der Waals surface area contributed by atoms with Gasteiger partial charge in [0, 0.05) is 23.5 Å². The smallest absolute Gasteiger partial charge is 0.243 e. The Balaban J connectivity index is 1.57. The number of hydrogen-bond acceptors (Lipinski definition) is 3. The summed E-state index contributed by atoms with van der Waals surface area (Å²) in [7, 11) is -3.48. The quantitative estimate of drug-likeness (QED) is 0.754. The average molecular weight is 451 g/mol. The van der Waals surface area contributed by atoms with E-state index in [0.717, 1.165) is 10.0 Å². The highest BCUT2D eigenvalue weighted by Gasteiger charge is 2.32. The minimum absolute atomic E-state index is 0.0119. The molecule has 3 rings (SSSR count). The molecule has 1 atom stereocenters. The Labute approximate surface area is 169 Å². The number of amides is 1. The van der Waals surface area contributed by atoms with Crippen molar-refractivity contribution in [2.75, 3.05) is 13.1 Å². The van der Waals surface area contributed by atoms with E-state index >= 15 is 0 Å². The maximum Gasteiger partial charge on any atom is 0.243 e. The van der Waals surface area contributed by atoms with Gasteiger partial charge in [-0.2, -0.15) is 4.31 Å². The van der Waals surface area contributed by atoms with E-state index in [4.69, 9.17) is 0 Å². The minimum atomic E-state index is -3.48. The molecule has 27 heavy (non-hydrogen) atoms. The summed E-state index contributed by atoms with van der Waals surface area (Å²) in [4.78, 5) is 12.9. The summed E-state index contributed by atoms with van der Waals surface area (Å²) < 4.78 is 27.8. The molecule has 0 bridgehead atoms. The number of sulfonamides is 1. The molecular weight excluding hydrogens is 428 g/mol. The highest BCUT2D eigenvalue weighted by Crippen LogP contribution is 2.25. The van der Waals surface area contributed by atoms with Gasteiger partial charge in [-0.05, 0) is 49.6 Å². The summed E-state index contributed by atoms with van der Waals surface area (Å²) in [6.07, 6.45) is 1.07. The van der Waals surface area contributed by atoms with Gasteiger partial charge in [0.15, 0.2) is 0 Å². The van der Waals surface area contributed by atoms with Gasteiger partial charge >= 0.3 is 0 Å². The van der Waals surface area contributed by atoms with Crippen LogP contribution in [0.5, 0.6) is 0 Å². The number of piperidine rings is 1. The fourth-order valence-corrected chi connectivity index (χ4v) is 5.02. The summed E-state index contributed by atoms with van der Waals surface area (Å²) in [5, 5.41) is 3.05. The number of carbonyl (C=O) groups is 1. The van der Waals surface area contributed by atoms with Crippen LogP contribution in [-0.2, 0) is 14.8 Å².